The lowest BCUT2D eigenvalue weighted by molar-refractivity contribution is 1.21. The fourth-order valence-corrected chi connectivity index (χ4v) is 1.35. The Morgan fingerprint density at radius 1 is 1.62 bits per heavy atom. The van der Waals surface area contributed by atoms with Crippen LogP contribution in [-0.2, 0) is 0 Å². The normalized spacial score (nSPS) is 11.5. The first-order valence-electron chi connectivity index (χ1n) is 3.97. The highest BCUT2D eigenvalue weighted by Crippen LogP contribution is 2.15. The molecule has 0 aliphatic heterocycles. The molecule has 0 bridgehead atoms. The Kier molecular flexibility index (Phi) is 4.33. The van der Waals surface area contributed by atoms with E-state index in [9.17, 15) is 0 Å². The highest BCUT2D eigenvalue weighted by Gasteiger charge is 1.92. The van der Waals surface area contributed by atoms with Crippen LogP contribution in [0.25, 0.3) is 0 Å². The summed E-state index contributed by atoms with van der Waals surface area (Å²) in [6.45, 7) is 2.76. The van der Waals surface area contributed by atoms with Gasteiger partial charge in [-0.1, -0.05) is 33.6 Å². The van der Waals surface area contributed by atoms with Crippen molar-refractivity contribution >= 4 is 33.2 Å². The minimum atomic E-state index is 0.778. The number of benzene rings is 1. The lowest BCUT2D eigenvalue weighted by atomic mass is 10.3. The number of hydrogen-bond acceptors (Lipinski definition) is 1. The summed E-state index contributed by atoms with van der Waals surface area (Å²) < 4.78 is 1.07. The maximum atomic E-state index is 5.54. The maximum Gasteiger partial charge on any atom is 0.0369 e. The Morgan fingerprint density at radius 3 is 3.00 bits per heavy atom. The van der Waals surface area contributed by atoms with Crippen LogP contribution in [0, 0.1) is 0 Å². The van der Waals surface area contributed by atoms with Gasteiger partial charge in [0.05, 0.1) is 0 Å². The first-order chi connectivity index (χ1) is 6.22. The molecule has 0 radical (unpaired) electrons. The molecule has 0 atom stereocenters. The van der Waals surface area contributed by atoms with Crippen molar-refractivity contribution in [3.63, 3.8) is 0 Å². The average Bonchev–Trinajstić information content (AvgIpc) is 2.14. The van der Waals surface area contributed by atoms with Crippen molar-refractivity contribution in [3.05, 3.63) is 39.8 Å². The van der Waals surface area contributed by atoms with Crippen LogP contribution in [0.3, 0.4) is 0 Å². The van der Waals surface area contributed by atoms with Crippen molar-refractivity contribution in [2.45, 2.75) is 6.92 Å². The molecule has 1 nitrogen and oxygen atoms in total. The van der Waals surface area contributed by atoms with Crippen LogP contribution >= 0.6 is 27.5 Å². The highest BCUT2D eigenvalue weighted by atomic mass is 79.9. The molecule has 0 saturated heterocycles. The molecule has 3 heteroatoms. The van der Waals surface area contributed by atoms with Crippen LogP contribution < -0.4 is 5.32 Å². The summed E-state index contributed by atoms with van der Waals surface area (Å²) in [6, 6.07) is 8.04. The van der Waals surface area contributed by atoms with Gasteiger partial charge in [0.25, 0.3) is 0 Å². The zero-order valence-corrected chi connectivity index (χ0v) is 9.69. The van der Waals surface area contributed by atoms with Gasteiger partial charge in [-0.15, -0.1) is 0 Å². The molecule has 0 aliphatic carbocycles. The number of hydrogen-bond donors (Lipinski definition) is 1. The Labute approximate surface area is 91.9 Å². The smallest absolute Gasteiger partial charge is 0.0369 e. The summed E-state index contributed by atoms with van der Waals surface area (Å²) in [5.74, 6) is 0. The third-order valence-corrected chi connectivity index (χ3v) is 2.45. The summed E-state index contributed by atoms with van der Waals surface area (Å²) in [5.41, 5.74) is 3.79. The van der Waals surface area contributed by atoms with E-state index >= 15 is 0 Å². The number of rotatable bonds is 3. The van der Waals surface area contributed by atoms with Gasteiger partial charge in [0, 0.05) is 22.2 Å². The first-order valence-corrected chi connectivity index (χ1v) is 5.20. The van der Waals surface area contributed by atoms with Gasteiger partial charge in [-0.05, 0) is 30.7 Å². The summed E-state index contributed by atoms with van der Waals surface area (Å²) in [4.78, 5) is 0. The molecule has 0 amide bonds. The Bertz CT molecular complexity index is 310. The van der Waals surface area contributed by atoms with Crippen LogP contribution in [0.4, 0.5) is 5.69 Å². The van der Waals surface area contributed by atoms with Crippen molar-refractivity contribution in [1.82, 2.24) is 0 Å². The molecule has 0 unspecified atom stereocenters. The molecule has 1 rings (SSSR count). The SMILES string of the molecule is C/C(=C/Cl)CNc1cccc(Br)c1. The summed E-state index contributed by atoms with van der Waals surface area (Å²) in [6.07, 6.45) is 0. The number of anilines is 1. The van der Waals surface area contributed by atoms with E-state index in [0.29, 0.717) is 0 Å². The minimum absolute atomic E-state index is 0.778. The lowest BCUT2D eigenvalue weighted by Crippen LogP contribution is -2.01. The highest BCUT2D eigenvalue weighted by molar-refractivity contribution is 9.10. The molecule has 0 spiro atoms. The summed E-state index contributed by atoms with van der Waals surface area (Å²) >= 11 is 8.94. The molecule has 1 N–H and O–H groups in total. The molecule has 0 saturated carbocycles. The van der Waals surface area contributed by atoms with Crippen LogP contribution in [0.15, 0.2) is 39.8 Å². The van der Waals surface area contributed by atoms with E-state index in [0.717, 1.165) is 22.3 Å². The van der Waals surface area contributed by atoms with Gasteiger partial charge in [-0.3, -0.25) is 0 Å². The average molecular weight is 261 g/mol. The van der Waals surface area contributed by atoms with Crippen LogP contribution in [0.5, 0.6) is 0 Å². The predicted octanol–water partition coefficient (Wildman–Crippen LogP) is 4.00. The zero-order valence-electron chi connectivity index (χ0n) is 7.35. The second-order valence-electron chi connectivity index (χ2n) is 2.82. The summed E-state index contributed by atoms with van der Waals surface area (Å²) in [5, 5.41) is 3.25. The van der Waals surface area contributed by atoms with Gasteiger partial charge in [0.1, 0.15) is 0 Å². The van der Waals surface area contributed by atoms with Crippen molar-refractivity contribution in [2.24, 2.45) is 0 Å². The topological polar surface area (TPSA) is 12.0 Å². The molecule has 0 aliphatic rings. The third kappa shape index (κ3) is 3.83. The predicted molar refractivity (Wildman–Crippen MR) is 62.2 cm³/mol. The van der Waals surface area contributed by atoms with Crippen LogP contribution in [-0.4, -0.2) is 6.54 Å². The van der Waals surface area contributed by atoms with E-state index in [-0.39, 0.29) is 0 Å². The fourth-order valence-electron chi connectivity index (χ4n) is 0.878. The van der Waals surface area contributed by atoms with Gasteiger partial charge in [0.15, 0.2) is 0 Å². The van der Waals surface area contributed by atoms with Crippen molar-refractivity contribution in [2.75, 3.05) is 11.9 Å². The first kappa shape index (κ1) is 10.6. The Hall–Kier alpha value is -0.470. The van der Waals surface area contributed by atoms with E-state index in [1.54, 1.807) is 5.54 Å². The number of nitrogens with one attached hydrogen (secondary N) is 1. The molecule has 1 aromatic rings. The molecule has 13 heavy (non-hydrogen) atoms. The van der Waals surface area contributed by atoms with Gasteiger partial charge in [-0.2, -0.15) is 0 Å². The number of halogens is 2. The molecule has 0 fully saturated rings. The lowest BCUT2D eigenvalue weighted by Gasteiger charge is -2.05. The second-order valence-corrected chi connectivity index (χ2v) is 3.95. The van der Waals surface area contributed by atoms with Gasteiger partial charge < -0.3 is 5.32 Å². The van der Waals surface area contributed by atoms with Gasteiger partial charge >= 0.3 is 0 Å². The Balaban J connectivity index is 2.55. The van der Waals surface area contributed by atoms with E-state index < -0.39 is 0 Å². The van der Waals surface area contributed by atoms with Crippen molar-refractivity contribution in [1.29, 1.82) is 0 Å². The van der Waals surface area contributed by atoms with Gasteiger partial charge in [0.2, 0.25) is 0 Å². The molecule has 1 aromatic carbocycles. The molecule has 0 aromatic heterocycles. The quantitative estimate of drug-likeness (QED) is 0.866. The minimum Gasteiger partial charge on any atom is -0.381 e. The zero-order chi connectivity index (χ0) is 9.68. The van der Waals surface area contributed by atoms with Crippen molar-refractivity contribution < 1.29 is 0 Å². The van der Waals surface area contributed by atoms with Crippen LogP contribution in [0.2, 0.25) is 0 Å². The molecular formula is C10H11BrClN. The van der Waals surface area contributed by atoms with E-state index in [1.807, 2.05) is 31.2 Å². The van der Waals surface area contributed by atoms with Crippen LogP contribution in [0.1, 0.15) is 6.92 Å². The molecule has 0 heterocycles. The van der Waals surface area contributed by atoms with E-state index in [2.05, 4.69) is 21.2 Å². The third-order valence-electron chi connectivity index (χ3n) is 1.58. The van der Waals surface area contributed by atoms with Gasteiger partial charge in [-0.25, -0.2) is 0 Å². The Morgan fingerprint density at radius 2 is 2.38 bits per heavy atom. The second kappa shape index (κ2) is 5.30. The monoisotopic (exact) mass is 259 g/mol. The standard InChI is InChI=1S/C10H11BrClN/c1-8(6-12)7-13-10-4-2-3-9(11)5-10/h2-6,13H,7H2,1H3/b8-6-. The largest absolute Gasteiger partial charge is 0.381 e. The fraction of sp³-hybridized carbons (Fsp3) is 0.200. The van der Waals surface area contributed by atoms with Crippen molar-refractivity contribution in [3.8, 4) is 0 Å². The summed E-state index contributed by atoms with van der Waals surface area (Å²) in [7, 11) is 0. The van der Waals surface area contributed by atoms with E-state index in [4.69, 9.17) is 11.6 Å². The maximum absolute atomic E-state index is 5.54. The molecule has 70 valence electrons. The molecular weight excluding hydrogens is 249 g/mol. The van der Waals surface area contributed by atoms with E-state index in [1.165, 1.54) is 0 Å².